The number of hydrogen-bond acceptors (Lipinski definition) is 5. The first-order valence-corrected chi connectivity index (χ1v) is 12.9. The molecule has 9 heteroatoms. The van der Waals surface area contributed by atoms with Gasteiger partial charge in [-0.25, -0.2) is 5.43 Å². The number of ether oxygens (including phenoxy) is 2. The van der Waals surface area contributed by atoms with Crippen molar-refractivity contribution in [3.63, 3.8) is 0 Å². The maximum absolute atomic E-state index is 12.3. The van der Waals surface area contributed by atoms with Crippen LogP contribution < -0.4 is 14.9 Å². The molecule has 0 unspecified atom stereocenters. The summed E-state index contributed by atoms with van der Waals surface area (Å²) in [4.78, 5) is 12.3. The van der Waals surface area contributed by atoms with Gasteiger partial charge >= 0.3 is 0 Å². The lowest BCUT2D eigenvalue weighted by Crippen LogP contribution is -2.27. The second kappa shape index (κ2) is 13.0. The Morgan fingerprint density at radius 1 is 1.12 bits per heavy atom. The van der Waals surface area contributed by atoms with Crippen LogP contribution in [0.25, 0.3) is 0 Å². The largest absolute Gasteiger partial charge is 0.493 e. The number of benzene rings is 3. The van der Waals surface area contributed by atoms with E-state index in [0.717, 1.165) is 16.9 Å². The fraction of sp³-hybridized carbons (Fsp3) is 0.200. The molecule has 34 heavy (non-hydrogen) atoms. The standard InChI is InChI=1S/C25H23BrCl2N2O3S/c1-16(34-15-17-6-4-3-5-7-17)25(31)30-29-13-19-10-20(26)24(23(12-19)32-2)33-14-18-8-9-21(27)22(28)11-18/h3-13,16H,14-15H2,1-2H3,(H,30,31)/b29-13-/t16-/m1/s1. The van der Waals surface area contributed by atoms with E-state index >= 15 is 0 Å². The van der Waals surface area contributed by atoms with Crippen molar-refractivity contribution >= 4 is 63.0 Å². The lowest BCUT2D eigenvalue weighted by atomic mass is 10.2. The smallest absolute Gasteiger partial charge is 0.252 e. The van der Waals surface area contributed by atoms with Crippen molar-refractivity contribution in [3.8, 4) is 11.5 Å². The molecule has 1 amide bonds. The van der Waals surface area contributed by atoms with Crippen LogP contribution in [-0.2, 0) is 17.2 Å². The molecule has 0 saturated heterocycles. The minimum absolute atomic E-state index is 0.162. The van der Waals surface area contributed by atoms with Gasteiger partial charge in [-0.3, -0.25) is 4.79 Å². The average Bonchev–Trinajstić information content (AvgIpc) is 2.84. The molecule has 1 N–H and O–H groups in total. The number of halogens is 3. The van der Waals surface area contributed by atoms with E-state index in [2.05, 4.69) is 26.5 Å². The highest BCUT2D eigenvalue weighted by atomic mass is 79.9. The van der Waals surface area contributed by atoms with Crippen LogP contribution in [-0.4, -0.2) is 24.5 Å². The third-order valence-electron chi connectivity index (χ3n) is 4.72. The van der Waals surface area contributed by atoms with Crippen LogP contribution in [0.1, 0.15) is 23.6 Å². The number of methoxy groups -OCH3 is 1. The number of hydrogen-bond donors (Lipinski definition) is 1. The Bertz CT molecular complexity index is 1160. The van der Waals surface area contributed by atoms with Gasteiger partial charge in [0.1, 0.15) is 6.61 Å². The summed E-state index contributed by atoms with van der Waals surface area (Å²) in [5.41, 5.74) is 5.37. The molecule has 0 radical (unpaired) electrons. The van der Waals surface area contributed by atoms with Gasteiger partial charge in [-0.05, 0) is 63.8 Å². The van der Waals surface area contributed by atoms with Gasteiger partial charge in [-0.2, -0.15) is 5.10 Å². The summed E-state index contributed by atoms with van der Waals surface area (Å²) in [6.45, 7) is 2.14. The van der Waals surface area contributed by atoms with E-state index in [1.54, 1.807) is 43.3 Å². The first-order chi connectivity index (χ1) is 16.4. The zero-order chi connectivity index (χ0) is 24.5. The Hall–Kier alpha value is -2.19. The van der Waals surface area contributed by atoms with Gasteiger partial charge < -0.3 is 9.47 Å². The van der Waals surface area contributed by atoms with E-state index in [1.807, 2.05) is 49.4 Å². The maximum atomic E-state index is 12.3. The molecular weight excluding hydrogens is 559 g/mol. The summed E-state index contributed by atoms with van der Waals surface area (Å²) in [7, 11) is 1.56. The van der Waals surface area contributed by atoms with E-state index in [0.29, 0.717) is 26.0 Å². The molecular formula is C25H23BrCl2N2O3S. The van der Waals surface area contributed by atoms with Crippen LogP contribution in [0.3, 0.4) is 0 Å². The predicted molar refractivity (Wildman–Crippen MR) is 144 cm³/mol. The SMILES string of the molecule is COc1cc(/C=N\NC(=O)[C@@H](C)SCc2ccccc2)cc(Br)c1OCc1ccc(Cl)c(Cl)c1. The molecule has 0 spiro atoms. The van der Waals surface area contributed by atoms with Crippen molar-refractivity contribution in [1.29, 1.82) is 0 Å². The van der Waals surface area contributed by atoms with Crippen molar-refractivity contribution in [2.75, 3.05) is 7.11 Å². The Kier molecular flexibility index (Phi) is 10.1. The van der Waals surface area contributed by atoms with Crippen molar-refractivity contribution in [1.82, 2.24) is 5.43 Å². The molecule has 0 heterocycles. The summed E-state index contributed by atoms with van der Waals surface area (Å²) in [6.07, 6.45) is 1.56. The van der Waals surface area contributed by atoms with Crippen LogP contribution in [0.15, 0.2) is 70.2 Å². The van der Waals surface area contributed by atoms with Gasteiger partial charge in [0.2, 0.25) is 0 Å². The lowest BCUT2D eigenvalue weighted by molar-refractivity contribution is -0.120. The number of carbonyl (C=O) groups is 1. The molecule has 3 aromatic rings. The number of rotatable bonds is 10. The summed E-state index contributed by atoms with van der Waals surface area (Å²) < 4.78 is 12.1. The Labute approximate surface area is 222 Å². The molecule has 0 aromatic heterocycles. The fourth-order valence-corrected chi connectivity index (χ4v) is 4.61. The van der Waals surface area contributed by atoms with Crippen molar-refractivity contribution in [2.24, 2.45) is 5.10 Å². The van der Waals surface area contributed by atoms with Crippen LogP contribution in [0.4, 0.5) is 0 Å². The lowest BCUT2D eigenvalue weighted by Gasteiger charge is -2.14. The molecule has 1 atom stereocenters. The third kappa shape index (κ3) is 7.67. The monoisotopic (exact) mass is 580 g/mol. The summed E-state index contributed by atoms with van der Waals surface area (Å²) in [5, 5.41) is 4.81. The van der Waals surface area contributed by atoms with Gasteiger partial charge in [0.05, 0.1) is 33.1 Å². The highest BCUT2D eigenvalue weighted by molar-refractivity contribution is 9.10. The molecule has 0 bridgehead atoms. The molecule has 0 aliphatic rings. The fourth-order valence-electron chi connectivity index (χ4n) is 2.87. The number of amides is 1. The number of carbonyl (C=O) groups excluding carboxylic acids is 1. The quantitative estimate of drug-likeness (QED) is 0.205. The number of nitrogens with one attached hydrogen (secondary N) is 1. The van der Waals surface area contributed by atoms with Gasteiger partial charge in [-0.1, -0.05) is 59.6 Å². The minimum Gasteiger partial charge on any atom is -0.493 e. The Morgan fingerprint density at radius 3 is 2.59 bits per heavy atom. The molecule has 0 saturated carbocycles. The first kappa shape index (κ1) is 26.4. The highest BCUT2D eigenvalue weighted by Gasteiger charge is 2.14. The number of nitrogens with zero attached hydrogens (tertiary/aromatic N) is 1. The summed E-state index contributed by atoms with van der Waals surface area (Å²) in [5.74, 6) is 1.66. The number of thioether (sulfide) groups is 1. The van der Waals surface area contributed by atoms with E-state index < -0.39 is 0 Å². The zero-order valence-corrected chi connectivity index (χ0v) is 22.5. The molecule has 3 aromatic carbocycles. The van der Waals surface area contributed by atoms with Crippen molar-refractivity contribution < 1.29 is 14.3 Å². The summed E-state index contributed by atoms with van der Waals surface area (Å²) >= 11 is 17.1. The molecule has 5 nitrogen and oxygen atoms in total. The zero-order valence-electron chi connectivity index (χ0n) is 18.6. The van der Waals surface area contributed by atoms with Gasteiger partial charge in [0, 0.05) is 5.75 Å². The average molecular weight is 582 g/mol. The molecule has 0 aliphatic heterocycles. The van der Waals surface area contributed by atoms with Crippen LogP contribution in [0, 0.1) is 0 Å². The highest BCUT2D eigenvalue weighted by Crippen LogP contribution is 2.37. The van der Waals surface area contributed by atoms with E-state index in [4.69, 9.17) is 32.7 Å². The molecule has 0 aliphatic carbocycles. The van der Waals surface area contributed by atoms with Gasteiger partial charge in [0.25, 0.3) is 5.91 Å². The van der Waals surface area contributed by atoms with Crippen LogP contribution in [0.5, 0.6) is 11.5 Å². The topological polar surface area (TPSA) is 59.9 Å². The van der Waals surface area contributed by atoms with E-state index in [-0.39, 0.29) is 17.8 Å². The molecule has 178 valence electrons. The van der Waals surface area contributed by atoms with Gasteiger partial charge in [0.15, 0.2) is 11.5 Å². The first-order valence-electron chi connectivity index (χ1n) is 10.3. The van der Waals surface area contributed by atoms with Crippen LogP contribution >= 0.6 is 50.9 Å². The van der Waals surface area contributed by atoms with Crippen molar-refractivity contribution in [3.05, 3.63) is 91.9 Å². The molecule has 0 fully saturated rings. The Morgan fingerprint density at radius 2 is 1.88 bits per heavy atom. The van der Waals surface area contributed by atoms with E-state index in [1.165, 1.54) is 5.56 Å². The van der Waals surface area contributed by atoms with Gasteiger partial charge in [-0.15, -0.1) is 11.8 Å². The van der Waals surface area contributed by atoms with Crippen LogP contribution in [0.2, 0.25) is 10.0 Å². The number of hydrazone groups is 1. The van der Waals surface area contributed by atoms with E-state index in [9.17, 15) is 4.79 Å². The normalized spacial score (nSPS) is 11.9. The predicted octanol–water partition coefficient (Wildman–Crippen LogP) is 7.12. The second-order valence-electron chi connectivity index (χ2n) is 7.24. The van der Waals surface area contributed by atoms with Crippen molar-refractivity contribution in [2.45, 2.75) is 24.5 Å². The Balaban J connectivity index is 1.58. The third-order valence-corrected chi connectivity index (χ3v) is 7.26. The minimum atomic E-state index is -0.240. The second-order valence-corrected chi connectivity index (χ2v) is 10.2. The maximum Gasteiger partial charge on any atom is 0.252 e. The summed E-state index contributed by atoms with van der Waals surface area (Å²) in [6, 6.07) is 19.0. The molecule has 3 rings (SSSR count).